The molecule has 0 aliphatic carbocycles. The van der Waals surface area contributed by atoms with Gasteiger partial charge in [-0.05, 0) is 24.3 Å². The molecule has 6 nitrogen and oxygen atoms in total. The number of nitrogens with one attached hydrogen (secondary N) is 2. The predicted molar refractivity (Wildman–Crippen MR) is 91.4 cm³/mol. The molecule has 0 saturated heterocycles. The van der Waals surface area contributed by atoms with E-state index in [1.54, 1.807) is 0 Å². The number of rotatable bonds is 8. The lowest BCUT2D eigenvalue weighted by atomic mass is 9.97. The van der Waals surface area contributed by atoms with E-state index in [0.29, 0.717) is 18.9 Å². The number of amides is 3. The molecule has 1 aromatic carbocycles. The lowest BCUT2D eigenvalue weighted by molar-refractivity contribution is -0.149. The van der Waals surface area contributed by atoms with E-state index in [0.717, 1.165) is 12.0 Å². The van der Waals surface area contributed by atoms with Crippen LogP contribution in [-0.4, -0.2) is 31.1 Å². The fourth-order valence-corrected chi connectivity index (χ4v) is 2.14. The summed E-state index contributed by atoms with van der Waals surface area (Å²) in [6.45, 7) is 5.98. The first-order valence-corrected chi connectivity index (χ1v) is 8.23. The molecule has 0 aliphatic heterocycles. The maximum atomic E-state index is 12.1. The minimum absolute atomic E-state index is 0.418. The number of esters is 1. The summed E-state index contributed by atoms with van der Waals surface area (Å²) in [6.07, 6.45) is 1.39. The normalized spacial score (nSPS) is 11.7. The lowest BCUT2D eigenvalue weighted by Crippen LogP contribution is -2.42. The largest absolute Gasteiger partial charge is 0.455 e. The van der Waals surface area contributed by atoms with Gasteiger partial charge in [0.2, 0.25) is 0 Å². The highest BCUT2D eigenvalue weighted by Gasteiger charge is 2.21. The molecule has 0 fully saturated rings. The van der Waals surface area contributed by atoms with Crippen molar-refractivity contribution in [2.75, 3.05) is 13.2 Å². The van der Waals surface area contributed by atoms with Gasteiger partial charge in [0.05, 0.1) is 5.92 Å². The minimum Gasteiger partial charge on any atom is -0.455 e. The van der Waals surface area contributed by atoms with Crippen LogP contribution in [0.4, 0.5) is 4.79 Å². The van der Waals surface area contributed by atoms with Crippen LogP contribution in [0.2, 0.25) is 0 Å². The van der Waals surface area contributed by atoms with Crippen LogP contribution in [0.3, 0.4) is 0 Å². The van der Waals surface area contributed by atoms with Gasteiger partial charge in [0.1, 0.15) is 0 Å². The van der Waals surface area contributed by atoms with Crippen molar-refractivity contribution in [3.05, 3.63) is 35.9 Å². The number of hydrogen-bond acceptors (Lipinski definition) is 4. The van der Waals surface area contributed by atoms with Gasteiger partial charge < -0.3 is 10.1 Å². The van der Waals surface area contributed by atoms with Crippen molar-refractivity contribution in [1.29, 1.82) is 0 Å². The molecule has 0 bridgehead atoms. The molecule has 132 valence electrons. The van der Waals surface area contributed by atoms with Crippen molar-refractivity contribution < 1.29 is 19.1 Å². The third-order valence-corrected chi connectivity index (χ3v) is 3.50. The Morgan fingerprint density at radius 2 is 1.79 bits per heavy atom. The fraction of sp³-hybridized carbons (Fsp3) is 0.500. The van der Waals surface area contributed by atoms with E-state index in [1.807, 2.05) is 51.1 Å². The fourth-order valence-electron chi connectivity index (χ4n) is 2.14. The average molecular weight is 334 g/mol. The molecule has 0 radical (unpaired) electrons. The standard InChI is InChI=1S/C18H26N2O4/c1-4-15(14-8-6-5-7-9-14)17(22)24-12-16(21)20-18(23)19-11-10-13(2)3/h5-9,13,15H,4,10-12H2,1-3H3,(H2,19,20,21,23)/t15-/m0/s1. The molecule has 1 atom stereocenters. The monoisotopic (exact) mass is 334 g/mol. The molecule has 2 N–H and O–H groups in total. The summed E-state index contributed by atoms with van der Waals surface area (Å²) in [5, 5.41) is 4.72. The Labute approximate surface area is 143 Å². The number of imide groups is 1. The molecule has 0 spiro atoms. The molecule has 0 heterocycles. The zero-order chi connectivity index (χ0) is 17.9. The molecule has 24 heavy (non-hydrogen) atoms. The van der Waals surface area contributed by atoms with Crippen molar-refractivity contribution in [3.63, 3.8) is 0 Å². The quantitative estimate of drug-likeness (QED) is 0.716. The van der Waals surface area contributed by atoms with E-state index in [4.69, 9.17) is 4.74 Å². The Morgan fingerprint density at radius 1 is 1.12 bits per heavy atom. The van der Waals surface area contributed by atoms with Gasteiger partial charge in [-0.25, -0.2) is 4.79 Å². The van der Waals surface area contributed by atoms with E-state index in [-0.39, 0.29) is 0 Å². The first-order valence-electron chi connectivity index (χ1n) is 8.23. The second-order valence-corrected chi connectivity index (χ2v) is 5.97. The van der Waals surface area contributed by atoms with Crippen LogP contribution in [-0.2, 0) is 14.3 Å². The molecule has 0 aliphatic rings. The first kappa shape index (κ1) is 19.7. The minimum atomic E-state index is -0.645. The van der Waals surface area contributed by atoms with E-state index < -0.39 is 30.4 Å². The van der Waals surface area contributed by atoms with Gasteiger partial charge in [0, 0.05) is 6.54 Å². The molecule has 3 amide bonds. The van der Waals surface area contributed by atoms with Crippen molar-refractivity contribution in [2.24, 2.45) is 5.92 Å². The van der Waals surface area contributed by atoms with Gasteiger partial charge in [-0.3, -0.25) is 14.9 Å². The Kier molecular flexibility index (Phi) is 8.54. The number of hydrogen-bond donors (Lipinski definition) is 2. The summed E-state index contributed by atoms with van der Waals surface area (Å²) >= 11 is 0. The number of benzene rings is 1. The molecule has 0 unspecified atom stereocenters. The van der Waals surface area contributed by atoms with Gasteiger partial charge in [-0.15, -0.1) is 0 Å². The van der Waals surface area contributed by atoms with E-state index in [9.17, 15) is 14.4 Å². The van der Waals surface area contributed by atoms with Crippen molar-refractivity contribution in [3.8, 4) is 0 Å². The van der Waals surface area contributed by atoms with Crippen LogP contribution < -0.4 is 10.6 Å². The Morgan fingerprint density at radius 3 is 2.38 bits per heavy atom. The third-order valence-electron chi connectivity index (χ3n) is 3.50. The number of carbonyl (C=O) groups excluding carboxylic acids is 3. The zero-order valence-corrected chi connectivity index (χ0v) is 14.5. The SMILES string of the molecule is CC[C@H](C(=O)OCC(=O)NC(=O)NCCC(C)C)c1ccccc1. The highest BCUT2D eigenvalue weighted by Crippen LogP contribution is 2.20. The van der Waals surface area contributed by atoms with E-state index in [1.165, 1.54) is 0 Å². The summed E-state index contributed by atoms with van der Waals surface area (Å²) < 4.78 is 5.02. The van der Waals surface area contributed by atoms with Gasteiger partial charge in [-0.2, -0.15) is 0 Å². The van der Waals surface area contributed by atoms with Crippen molar-refractivity contribution >= 4 is 17.9 Å². The van der Waals surface area contributed by atoms with Gasteiger partial charge in [0.15, 0.2) is 6.61 Å². The molecule has 1 aromatic rings. The Balaban J connectivity index is 2.37. The third kappa shape index (κ3) is 7.26. The lowest BCUT2D eigenvalue weighted by Gasteiger charge is -2.14. The topological polar surface area (TPSA) is 84.5 Å². The van der Waals surface area contributed by atoms with E-state index >= 15 is 0 Å². The zero-order valence-electron chi connectivity index (χ0n) is 14.5. The van der Waals surface area contributed by atoms with Crippen molar-refractivity contribution in [1.82, 2.24) is 10.6 Å². The maximum Gasteiger partial charge on any atom is 0.321 e. The molecule has 0 saturated carbocycles. The Hall–Kier alpha value is -2.37. The summed E-state index contributed by atoms with van der Waals surface area (Å²) in [6, 6.07) is 8.67. The summed E-state index contributed by atoms with van der Waals surface area (Å²) in [4.78, 5) is 35.3. The van der Waals surface area contributed by atoms with Crippen LogP contribution in [0.5, 0.6) is 0 Å². The molecule has 0 aromatic heterocycles. The molecular weight excluding hydrogens is 308 g/mol. The number of carbonyl (C=O) groups is 3. The smallest absolute Gasteiger partial charge is 0.321 e. The molecule has 1 rings (SSSR count). The van der Waals surface area contributed by atoms with Crippen LogP contribution in [0.1, 0.15) is 45.1 Å². The van der Waals surface area contributed by atoms with Crippen LogP contribution in [0, 0.1) is 5.92 Å². The summed E-state index contributed by atoms with van der Waals surface area (Å²) in [5.74, 6) is -1.07. The van der Waals surface area contributed by atoms with Crippen LogP contribution >= 0.6 is 0 Å². The second-order valence-electron chi connectivity index (χ2n) is 5.97. The first-order chi connectivity index (χ1) is 11.4. The second kappa shape index (κ2) is 10.4. The van der Waals surface area contributed by atoms with Crippen molar-refractivity contribution in [2.45, 2.75) is 39.5 Å². The van der Waals surface area contributed by atoms with Gasteiger partial charge in [0.25, 0.3) is 5.91 Å². The highest BCUT2D eigenvalue weighted by atomic mass is 16.5. The number of urea groups is 1. The highest BCUT2D eigenvalue weighted by molar-refractivity contribution is 5.95. The molecule has 6 heteroatoms. The summed E-state index contributed by atoms with van der Waals surface area (Å²) in [5.41, 5.74) is 0.844. The van der Waals surface area contributed by atoms with Crippen LogP contribution in [0.25, 0.3) is 0 Å². The van der Waals surface area contributed by atoms with Crippen LogP contribution in [0.15, 0.2) is 30.3 Å². The summed E-state index contributed by atoms with van der Waals surface area (Å²) in [7, 11) is 0. The Bertz CT molecular complexity index is 543. The molecular formula is C18H26N2O4. The predicted octanol–water partition coefficient (Wildman–Crippen LogP) is 2.60. The average Bonchev–Trinajstić information content (AvgIpc) is 2.54. The van der Waals surface area contributed by atoms with E-state index in [2.05, 4.69) is 10.6 Å². The van der Waals surface area contributed by atoms with Gasteiger partial charge >= 0.3 is 12.0 Å². The maximum absolute atomic E-state index is 12.1. The number of ether oxygens (including phenoxy) is 1. The van der Waals surface area contributed by atoms with Gasteiger partial charge in [-0.1, -0.05) is 51.1 Å².